The first-order chi connectivity index (χ1) is 8.83. The molecule has 2 aromatic heterocycles. The fraction of sp³-hybridized carbons (Fsp3) is 0.400. The molecule has 2 aromatic rings. The second-order valence-corrected chi connectivity index (χ2v) is 4.90. The third-order valence-corrected chi connectivity index (χ3v) is 3.56. The lowest BCUT2D eigenvalue weighted by Gasteiger charge is -2.02. The fourth-order valence-electron chi connectivity index (χ4n) is 1.73. The van der Waals surface area contributed by atoms with Gasteiger partial charge in [-0.2, -0.15) is 5.10 Å². The number of aromatic amines is 1. The zero-order chi connectivity index (χ0) is 12.4. The number of amides is 1. The summed E-state index contributed by atoms with van der Waals surface area (Å²) in [6.07, 6.45) is 5.02. The molecule has 1 fully saturated rings. The summed E-state index contributed by atoms with van der Waals surface area (Å²) in [5.74, 6) is -0.251. The summed E-state index contributed by atoms with van der Waals surface area (Å²) in [7, 11) is 0. The maximum absolute atomic E-state index is 11.7. The Morgan fingerprint density at radius 3 is 3.22 bits per heavy atom. The van der Waals surface area contributed by atoms with Crippen LogP contribution < -0.4 is 5.32 Å². The Morgan fingerprint density at radius 2 is 2.50 bits per heavy atom. The number of anilines is 1. The van der Waals surface area contributed by atoms with Crippen molar-refractivity contribution in [3.8, 4) is 0 Å². The van der Waals surface area contributed by atoms with Gasteiger partial charge in [-0.15, -0.1) is 10.2 Å². The standard InChI is InChI=1S/C10H11N5O2S/c16-8(6-4-11-12-5-6)13-10-15-14-9(18-10)7-2-1-3-17-7/h4-5,7H,1-3H2,(H,11,12)(H,13,15,16). The predicted molar refractivity (Wildman–Crippen MR) is 64.4 cm³/mol. The van der Waals surface area contributed by atoms with E-state index in [0.717, 1.165) is 24.5 Å². The van der Waals surface area contributed by atoms with Crippen LogP contribution in [0.15, 0.2) is 12.4 Å². The number of rotatable bonds is 3. The number of H-pyrrole nitrogens is 1. The van der Waals surface area contributed by atoms with Gasteiger partial charge in [0.2, 0.25) is 5.13 Å². The smallest absolute Gasteiger partial charge is 0.260 e. The Bertz CT molecular complexity index is 532. The van der Waals surface area contributed by atoms with Crippen LogP contribution in [-0.4, -0.2) is 32.9 Å². The van der Waals surface area contributed by atoms with Crippen molar-refractivity contribution in [1.29, 1.82) is 0 Å². The number of ether oxygens (including phenoxy) is 1. The van der Waals surface area contributed by atoms with E-state index in [4.69, 9.17) is 4.74 Å². The number of nitrogens with zero attached hydrogens (tertiary/aromatic N) is 3. The highest BCUT2D eigenvalue weighted by Crippen LogP contribution is 2.31. The van der Waals surface area contributed by atoms with Crippen molar-refractivity contribution >= 4 is 22.4 Å². The van der Waals surface area contributed by atoms with E-state index < -0.39 is 0 Å². The number of carbonyl (C=O) groups is 1. The second kappa shape index (κ2) is 4.83. The summed E-state index contributed by atoms with van der Waals surface area (Å²) >= 11 is 1.35. The van der Waals surface area contributed by atoms with Crippen molar-refractivity contribution < 1.29 is 9.53 Å². The first kappa shape index (κ1) is 11.3. The van der Waals surface area contributed by atoms with Crippen LogP contribution in [0.2, 0.25) is 0 Å². The lowest BCUT2D eigenvalue weighted by atomic mass is 10.2. The van der Waals surface area contributed by atoms with Gasteiger partial charge in [0.15, 0.2) is 0 Å². The number of nitrogens with one attached hydrogen (secondary N) is 2. The molecule has 1 atom stereocenters. The molecular formula is C10H11N5O2S. The average molecular weight is 265 g/mol. The van der Waals surface area contributed by atoms with Gasteiger partial charge in [0.1, 0.15) is 11.1 Å². The van der Waals surface area contributed by atoms with Gasteiger partial charge in [0.05, 0.1) is 11.8 Å². The molecule has 0 radical (unpaired) electrons. The van der Waals surface area contributed by atoms with Crippen LogP contribution in [0.25, 0.3) is 0 Å². The average Bonchev–Trinajstić information content (AvgIpc) is 3.12. The fourth-order valence-corrected chi connectivity index (χ4v) is 2.55. The summed E-state index contributed by atoms with van der Waals surface area (Å²) in [6, 6.07) is 0. The SMILES string of the molecule is O=C(Nc1nnc(C2CCCO2)s1)c1cn[nH]c1. The lowest BCUT2D eigenvalue weighted by molar-refractivity contribution is 0.102. The maximum Gasteiger partial charge on any atom is 0.260 e. The molecule has 7 nitrogen and oxygen atoms in total. The zero-order valence-corrected chi connectivity index (χ0v) is 10.2. The quantitative estimate of drug-likeness (QED) is 0.874. The highest BCUT2D eigenvalue weighted by molar-refractivity contribution is 7.15. The third-order valence-electron chi connectivity index (χ3n) is 2.63. The van der Waals surface area contributed by atoms with Gasteiger partial charge in [-0.1, -0.05) is 11.3 Å². The van der Waals surface area contributed by atoms with Gasteiger partial charge in [-0.25, -0.2) is 0 Å². The van der Waals surface area contributed by atoms with Gasteiger partial charge in [0, 0.05) is 12.8 Å². The van der Waals surface area contributed by atoms with E-state index >= 15 is 0 Å². The van der Waals surface area contributed by atoms with E-state index in [2.05, 4.69) is 25.7 Å². The third kappa shape index (κ3) is 2.24. The van der Waals surface area contributed by atoms with Gasteiger partial charge >= 0.3 is 0 Å². The molecule has 1 amide bonds. The van der Waals surface area contributed by atoms with Crippen molar-refractivity contribution in [3.05, 3.63) is 23.0 Å². The van der Waals surface area contributed by atoms with Crippen LogP contribution in [0.3, 0.4) is 0 Å². The van der Waals surface area contributed by atoms with Gasteiger partial charge in [-0.05, 0) is 12.8 Å². The Kier molecular flexibility index (Phi) is 3.03. The van der Waals surface area contributed by atoms with Crippen molar-refractivity contribution in [2.75, 3.05) is 11.9 Å². The summed E-state index contributed by atoms with van der Waals surface area (Å²) in [5.41, 5.74) is 0.462. The zero-order valence-electron chi connectivity index (χ0n) is 9.42. The number of carbonyl (C=O) groups excluding carboxylic acids is 1. The van der Waals surface area contributed by atoms with Crippen LogP contribution in [-0.2, 0) is 4.74 Å². The van der Waals surface area contributed by atoms with E-state index in [9.17, 15) is 4.79 Å². The number of hydrogen-bond acceptors (Lipinski definition) is 6. The van der Waals surface area contributed by atoms with E-state index in [1.54, 1.807) is 0 Å². The Morgan fingerprint density at radius 1 is 1.56 bits per heavy atom. The van der Waals surface area contributed by atoms with Crippen LogP contribution in [0.4, 0.5) is 5.13 Å². The molecule has 18 heavy (non-hydrogen) atoms. The lowest BCUT2D eigenvalue weighted by Crippen LogP contribution is -2.10. The van der Waals surface area contributed by atoms with Crippen LogP contribution in [0, 0.1) is 0 Å². The van der Waals surface area contributed by atoms with Crippen molar-refractivity contribution in [2.45, 2.75) is 18.9 Å². The molecular weight excluding hydrogens is 254 g/mol. The van der Waals surface area contributed by atoms with Crippen molar-refractivity contribution in [3.63, 3.8) is 0 Å². The Balaban J connectivity index is 1.68. The largest absolute Gasteiger partial charge is 0.371 e. The van der Waals surface area contributed by atoms with E-state index in [0.29, 0.717) is 10.7 Å². The maximum atomic E-state index is 11.7. The minimum Gasteiger partial charge on any atom is -0.371 e. The van der Waals surface area contributed by atoms with E-state index in [1.165, 1.54) is 23.7 Å². The summed E-state index contributed by atoms with van der Waals surface area (Å²) in [6.45, 7) is 0.765. The monoisotopic (exact) mass is 265 g/mol. The van der Waals surface area contributed by atoms with Gasteiger partial charge < -0.3 is 4.74 Å². The molecule has 0 aliphatic carbocycles. The number of aromatic nitrogens is 4. The summed E-state index contributed by atoms with van der Waals surface area (Å²) in [4.78, 5) is 11.7. The number of hydrogen-bond donors (Lipinski definition) is 2. The van der Waals surface area contributed by atoms with Crippen LogP contribution in [0.5, 0.6) is 0 Å². The van der Waals surface area contributed by atoms with Crippen molar-refractivity contribution in [2.24, 2.45) is 0 Å². The van der Waals surface area contributed by atoms with Gasteiger partial charge in [-0.3, -0.25) is 15.2 Å². The molecule has 0 aromatic carbocycles. The molecule has 1 unspecified atom stereocenters. The van der Waals surface area contributed by atoms with Crippen LogP contribution in [0.1, 0.15) is 34.3 Å². The van der Waals surface area contributed by atoms with Gasteiger partial charge in [0.25, 0.3) is 5.91 Å². The molecule has 3 heterocycles. The molecule has 1 saturated heterocycles. The summed E-state index contributed by atoms with van der Waals surface area (Å²) in [5, 5.41) is 18.2. The molecule has 8 heteroatoms. The topological polar surface area (TPSA) is 92.8 Å². The normalized spacial score (nSPS) is 19.0. The molecule has 0 bridgehead atoms. The Hall–Kier alpha value is -1.80. The second-order valence-electron chi connectivity index (χ2n) is 3.89. The van der Waals surface area contributed by atoms with Crippen molar-refractivity contribution in [1.82, 2.24) is 20.4 Å². The molecule has 94 valence electrons. The highest BCUT2D eigenvalue weighted by atomic mass is 32.1. The predicted octanol–water partition coefficient (Wildman–Crippen LogP) is 1.36. The first-order valence-electron chi connectivity index (χ1n) is 5.58. The van der Waals surface area contributed by atoms with Crippen LogP contribution >= 0.6 is 11.3 Å². The molecule has 0 saturated carbocycles. The Labute approximate surface area is 107 Å². The van der Waals surface area contributed by atoms with E-state index in [-0.39, 0.29) is 12.0 Å². The molecule has 0 spiro atoms. The first-order valence-corrected chi connectivity index (χ1v) is 6.40. The molecule has 1 aliphatic rings. The summed E-state index contributed by atoms with van der Waals surface area (Å²) < 4.78 is 5.51. The minimum atomic E-state index is -0.251. The minimum absolute atomic E-state index is 0.0297. The molecule has 1 aliphatic heterocycles. The molecule has 2 N–H and O–H groups in total. The highest BCUT2D eigenvalue weighted by Gasteiger charge is 2.22. The molecule has 3 rings (SSSR count). The van der Waals surface area contributed by atoms with E-state index in [1.807, 2.05) is 0 Å².